The second kappa shape index (κ2) is 4.31. The predicted molar refractivity (Wildman–Crippen MR) is 68.6 cm³/mol. The third kappa shape index (κ3) is 2.01. The number of aryl methyl sites for hydroxylation is 1. The van der Waals surface area contributed by atoms with Crippen LogP contribution in [0.1, 0.15) is 21.8 Å². The van der Waals surface area contributed by atoms with Crippen LogP contribution in [-0.4, -0.2) is 10.8 Å². The highest BCUT2D eigenvalue weighted by atomic mass is 19.1. The van der Waals surface area contributed by atoms with Crippen molar-refractivity contribution in [2.24, 2.45) is 0 Å². The SMILES string of the molecule is Cc1cccc2cc(C(=O)c3ccc(F)cn3)oc12. The minimum atomic E-state index is -0.475. The van der Waals surface area contributed by atoms with Gasteiger partial charge in [-0.3, -0.25) is 4.79 Å². The topological polar surface area (TPSA) is 43.1 Å². The molecule has 4 heteroatoms. The lowest BCUT2D eigenvalue weighted by molar-refractivity contribution is 0.101. The number of carbonyl (C=O) groups excluding carboxylic acids is 1. The Labute approximate surface area is 108 Å². The first-order valence-electron chi connectivity index (χ1n) is 5.80. The molecule has 0 aliphatic rings. The van der Waals surface area contributed by atoms with E-state index in [4.69, 9.17) is 4.42 Å². The van der Waals surface area contributed by atoms with Gasteiger partial charge in [0.15, 0.2) is 5.76 Å². The van der Waals surface area contributed by atoms with Crippen LogP contribution in [0.4, 0.5) is 4.39 Å². The van der Waals surface area contributed by atoms with Gasteiger partial charge in [0.05, 0.1) is 6.20 Å². The molecule has 0 radical (unpaired) electrons. The number of furan rings is 1. The fourth-order valence-corrected chi connectivity index (χ4v) is 1.96. The number of carbonyl (C=O) groups is 1. The molecular weight excluding hydrogens is 245 g/mol. The molecule has 3 aromatic rings. The number of nitrogens with zero attached hydrogens (tertiary/aromatic N) is 1. The molecule has 0 fully saturated rings. The quantitative estimate of drug-likeness (QED) is 0.658. The third-order valence-corrected chi connectivity index (χ3v) is 2.92. The number of rotatable bonds is 2. The van der Waals surface area contributed by atoms with Crippen LogP contribution in [0.15, 0.2) is 47.0 Å². The molecule has 0 saturated carbocycles. The number of halogens is 1. The largest absolute Gasteiger partial charge is 0.452 e. The second-order valence-corrected chi connectivity index (χ2v) is 4.29. The maximum absolute atomic E-state index is 12.8. The zero-order valence-electron chi connectivity index (χ0n) is 10.2. The van der Waals surface area contributed by atoms with Crippen molar-refractivity contribution in [3.8, 4) is 0 Å². The van der Waals surface area contributed by atoms with E-state index in [2.05, 4.69) is 4.98 Å². The molecule has 1 aromatic carbocycles. The van der Waals surface area contributed by atoms with Gasteiger partial charge < -0.3 is 4.42 Å². The minimum Gasteiger partial charge on any atom is -0.452 e. The number of hydrogen-bond acceptors (Lipinski definition) is 3. The monoisotopic (exact) mass is 255 g/mol. The normalized spacial score (nSPS) is 10.8. The van der Waals surface area contributed by atoms with E-state index in [-0.39, 0.29) is 17.2 Å². The third-order valence-electron chi connectivity index (χ3n) is 2.92. The predicted octanol–water partition coefficient (Wildman–Crippen LogP) is 3.51. The summed E-state index contributed by atoms with van der Waals surface area (Å²) in [5.41, 5.74) is 1.81. The zero-order chi connectivity index (χ0) is 13.4. The van der Waals surface area contributed by atoms with Crippen molar-refractivity contribution in [1.29, 1.82) is 0 Å². The van der Waals surface area contributed by atoms with Crippen molar-refractivity contribution in [3.05, 3.63) is 65.4 Å². The Balaban J connectivity index is 2.06. The van der Waals surface area contributed by atoms with Gasteiger partial charge in [-0.2, -0.15) is 0 Å². The van der Waals surface area contributed by atoms with Gasteiger partial charge in [-0.15, -0.1) is 0 Å². The summed E-state index contributed by atoms with van der Waals surface area (Å²) in [5.74, 6) is -0.615. The van der Waals surface area contributed by atoms with Crippen LogP contribution in [0.3, 0.4) is 0 Å². The molecule has 0 bridgehead atoms. The van der Waals surface area contributed by atoms with Gasteiger partial charge in [0.25, 0.3) is 0 Å². The van der Waals surface area contributed by atoms with Gasteiger partial charge in [-0.25, -0.2) is 9.37 Å². The van der Waals surface area contributed by atoms with Gasteiger partial charge in [0, 0.05) is 5.39 Å². The number of pyridine rings is 1. The van der Waals surface area contributed by atoms with Crippen molar-refractivity contribution >= 4 is 16.8 Å². The first kappa shape index (κ1) is 11.6. The molecule has 94 valence electrons. The first-order chi connectivity index (χ1) is 9.15. The number of ketones is 1. The van der Waals surface area contributed by atoms with Crippen molar-refractivity contribution in [2.75, 3.05) is 0 Å². The zero-order valence-corrected chi connectivity index (χ0v) is 10.2. The molecular formula is C15H10FNO2. The van der Waals surface area contributed by atoms with Gasteiger partial charge in [-0.1, -0.05) is 18.2 Å². The highest BCUT2D eigenvalue weighted by molar-refractivity contribution is 6.07. The smallest absolute Gasteiger partial charge is 0.246 e. The van der Waals surface area contributed by atoms with Crippen molar-refractivity contribution in [3.63, 3.8) is 0 Å². The van der Waals surface area contributed by atoms with Crippen LogP contribution in [0.5, 0.6) is 0 Å². The highest BCUT2D eigenvalue weighted by Gasteiger charge is 2.16. The molecule has 2 heterocycles. The van der Waals surface area contributed by atoms with Gasteiger partial charge in [-0.05, 0) is 30.7 Å². The van der Waals surface area contributed by atoms with E-state index in [9.17, 15) is 9.18 Å². The number of aromatic nitrogens is 1. The summed E-state index contributed by atoms with van der Waals surface area (Å²) < 4.78 is 18.3. The van der Waals surface area contributed by atoms with Crippen LogP contribution >= 0.6 is 0 Å². The Bertz CT molecular complexity index is 759. The lowest BCUT2D eigenvalue weighted by Gasteiger charge is -1.96. The number of fused-ring (bicyclic) bond motifs is 1. The molecule has 0 atom stereocenters. The molecule has 3 nitrogen and oxygen atoms in total. The maximum Gasteiger partial charge on any atom is 0.246 e. The van der Waals surface area contributed by atoms with Crippen LogP contribution in [0, 0.1) is 12.7 Å². The van der Waals surface area contributed by atoms with E-state index in [0.29, 0.717) is 5.58 Å². The van der Waals surface area contributed by atoms with Gasteiger partial charge in [0.2, 0.25) is 5.78 Å². The highest BCUT2D eigenvalue weighted by Crippen LogP contribution is 2.23. The van der Waals surface area contributed by atoms with Crippen molar-refractivity contribution in [2.45, 2.75) is 6.92 Å². The summed E-state index contributed by atoms with van der Waals surface area (Å²) >= 11 is 0. The van der Waals surface area contributed by atoms with Crippen molar-refractivity contribution < 1.29 is 13.6 Å². The number of para-hydroxylation sites is 1. The summed E-state index contributed by atoms with van der Waals surface area (Å²) in [6.07, 6.45) is 1.02. The van der Waals surface area contributed by atoms with Crippen LogP contribution in [0.25, 0.3) is 11.0 Å². The van der Waals surface area contributed by atoms with Crippen molar-refractivity contribution in [1.82, 2.24) is 4.98 Å². The fourth-order valence-electron chi connectivity index (χ4n) is 1.96. The molecule has 0 aliphatic carbocycles. The first-order valence-corrected chi connectivity index (χ1v) is 5.80. The lowest BCUT2D eigenvalue weighted by Crippen LogP contribution is -2.02. The second-order valence-electron chi connectivity index (χ2n) is 4.29. The fraction of sp³-hybridized carbons (Fsp3) is 0.0667. The Morgan fingerprint density at radius 3 is 2.79 bits per heavy atom. The van der Waals surface area contributed by atoms with E-state index in [1.54, 1.807) is 6.07 Å². The van der Waals surface area contributed by atoms with Gasteiger partial charge in [0.1, 0.15) is 17.1 Å². The number of hydrogen-bond donors (Lipinski definition) is 0. The Morgan fingerprint density at radius 1 is 1.26 bits per heavy atom. The molecule has 19 heavy (non-hydrogen) atoms. The summed E-state index contributed by atoms with van der Waals surface area (Å²) in [6.45, 7) is 1.91. The van der Waals surface area contributed by atoms with Crippen LogP contribution in [-0.2, 0) is 0 Å². The molecule has 0 aliphatic heterocycles. The summed E-state index contributed by atoms with van der Waals surface area (Å²) in [5, 5.41) is 0.866. The summed E-state index contributed by atoms with van der Waals surface area (Å²) in [7, 11) is 0. The van der Waals surface area contributed by atoms with E-state index in [1.807, 2.05) is 25.1 Å². The summed E-state index contributed by atoms with van der Waals surface area (Å²) in [6, 6.07) is 9.91. The molecule has 0 saturated heterocycles. The number of benzene rings is 1. The summed E-state index contributed by atoms with van der Waals surface area (Å²) in [4.78, 5) is 15.9. The average molecular weight is 255 g/mol. The molecule has 3 rings (SSSR count). The average Bonchev–Trinajstić information content (AvgIpc) is 2.84. The molecule has 0 spiro atoms. The molecule has 0 amide bonds. The minimum absolute atomic E-state index is 0.165. The maximum atomic E-state index is 12.8. The Morgan fingerprint density at radius 2 is 2.11 bits per heavy atom. The van der Waals surface area contributed by atoms with Crippen LogP contribution in [0.2, 0.25) is 0 Å². The van der Waals surface area contributed by atoms with Crippen LogP contribution < -0.4 is 0 Å². The van der Waals surface area contributed by atoms with E-state index >= 15 is 0 Å². The standard InChI is InChI=1S/C15H10FNO2/c1-9-3-2-4-10-7-13(19-15(9)10)14(18)12-6-5-11(16)8-17-12/h2-8H,1H3. The Hall–Kier alpha value is -2.49. The van der Waals surface area contributed by atoms with E-state index < -0.39 is 5.82 Å². The van der Waals surface area contributed by atoms with Gasteiger partial charge >= 0.3 is 0 Å². The lowest BCUT2D eigenvalue weighted by atomic mass is 10.1. The van der Waals surface area contributed by atoms with E-state index in [0.717, 1.165) is 17.1 Å². The molecule has 0 unspecified atom stereocenters. The van der Waals surface area contributed by atoms with E-state index in [1.165, 1.54) is 12.1 Å². The Kier molecular flexibility index (Phi) is 2.63. The molecule has 2 aromatic heterocycles. The molecule has 0 N–H and O–H groups in total.